The summed E-state index contributed by atoms with van der Waals surface area (Å²) in [5.74, 6) is 0.0711. The fourth-order valence-electron chi connectivity index (χ4n) is 3.36. The van der Waals surface area contributed by atoms with Gasteiger partial charge in [-0.05, 0) is 30.3 Å². The van der Waals surface area contributed by atoms with Gasteiger partial charge >= 0.3 is 0 Å². The smallest absolute Gasteiger partial charge is 0.146 e. The van der Waals surface area contributed by atoms with E-state index in [1.165, 1.54) is 12.1 Å². The van der Waals surface area contributed by atoms with Crippen molar-refractivity contribution in [3.63, 3.8) is 0 Å². The van der Waals surface area contributed by atoms with E-state index in [0.717, 1.165) is 42.8 Å². The topological polar surface area (TPSA) is 39.6 Å². The molecule has 1 fully saturated rings. The molecular formula is C20H21ClFN3O. The predicted octanol–water partition coefficient (Wildman–Crippen LogP) is 3.82. The van der Waals surface area contributed by atoms with Gasteiger partial charge < -0.3 is 10.0 Å². The summed E-state index contributed by atoms with van der Waals surface area (Å²) in [6, 6.07) is 14.5. The van der Waals surface area contributed by atoms with E-state index < -0.39 is 0 Å². The minimum atomic E-state index is -0.206. The zero-order valence-corrected chi connectivity index (χ0v) is 15.1. The van der Waals surface area contributed by atoms with Crippen LogP contribution in [0.5, 0.6) is 5.75 Å². The number of anilines is 1. The summed E-state index contributed by atoms with van der Waals surface area (Å²) in [6.07, 6.45) is 1.70. The van der Waals surface area contributed by atoms with Crippen LogP contribution in [-0.2, 0) is 6.54 Å². The number of benzene rings is 2. The number of hydrogen-bond donors (Lipinski definition) is 1. The second-order valence-corrected chi connectivity index (χ2v) is 6.39. The Morgan fingerprint density at radius 3 is 2.42 bits per heavy atom. The molecule has 1 aliphatic rings. The third-order valence-corrected chi connectivity index (χ3v) is 4.79. The van der Waals surface area contributed by atoms with Gasteiger partial charge in [-0.3, -0.25) is 9.88 Å². The number of pyridine rings is 1. The summed E-state index contributed by atoms with van der Waals surface area (Å²) in [4.78, 5) is 8.87. The molecule has 0 amide bonds. The highest BCUT2D eigenvalue weighted by Crippen LogP contribution is 2.28. The van der Waals surface area contributed by atoms with Crippen molar-refractivity contribution in [3.8, 4) is 5.75 Å². The van der Waals surface area contributed by atoms with Crippen molar-refractivity contribution in [2.45, 2.75) is 6.54 Å². The molecule has 0 unspecified atom stereocenters. The first-order valence-corrected chi connectivity index (χ1v) is 8.49. The lowest BCUT2D eigenvalue weighted by molar-refractivity contribution is 0.247. The van der Waals surface area contributed by atoms with Crippen molar-refractivity contribution in [1.82, 2.24) is 9.88 Å². The van der Waals surface area contributed by atoms with Gasteiger partial charge in [-0.2, -0.15) is 0 Å². The quantitative estimate of drug-likeness (QED) is 0.757. The van der Waals surface area contributed by atoms with E-state index in [9.17, 15) is 9.50 Å². The van der Waals surface area contributed by atoms with E-state index in [4.69, 9.17) is 0 Å². The van der Waals surface area contributed by atoms with Crippen molar-refractivity contribution in [1.29, 1.82) is 0 Å². The number of halogens is 2. The standard InChI is InChI=1S/C20H20FN3O.ClH/c21-17-5-7-18(8-6-17)24-12-10-23(11-13-24)14-16-4-3-15-2-1-9-22-19(15)20(16)25;/h1-9,25H,10-14H2;1H. The van der Waals surface area contributed by atoms with Crippen LogP contribution in [0.3, 0.4) is 0 Å². The van der Waals surface area contributed by atoms with Gasteiger partial charge in [0.25, 0.3) is 0 Å². The maximum Gasteiger partial charge on any atom is 0.146 e. The van der Waals surface area contributed by atoms with Crippen LogP contribution in [0.4, 0.5) is 10.1 Å². The average Bonchev–Trinajstić information content (AvgIpc) is 2.66. The fourth-order valence-corrected chi connectivity index (χ4v) is 3.36. The third-order valence-electron chi connectivity index (χ3n) is 4.79. The van der Waals surface area contributed by atoms with Crippen LogP contribution in [-0.4, -0.2) is 41.2 Å². The molecule has 1 N–H and O–H groups in total. The Kier molecular flexibility index (Phi) is 5.59. The summed E-state index contributed by atoms with van der Waals surface area (Å²) in [7, 11) is 0. The molecule has 136 valence electrons. The first kappa shape index (κ1) is 18.4. The van der Waals surface area contributed by atoms with Crippen LogP contribution in [0, 0.1) is 5.82 Å². The van der Waals surface area contributed by atoms with E-state index in [1.807, 2.05) is 36.4 Å². The van der Waals surface area contributed by atoms with Crippen molar-refractivity contribution >= 4 is 29.0 Å². The molecule has 0 bridgehead atoms. The van der Waals surface area contributed by atoms with Crippen LogP contribution in [0.1, 0.15) is 5.56 Å². The minimum Gasteiger partial charge on any atom is -0.505 e. The molecule has 1 saturated heterocycles. The van der Waals surface area contributed by atoms with Crippen molar-refractivity contribution in [2.24, 2.45) is 0 Å². The average molecular weight is 374 g/mol. The first-order chi connectivity index (χ1) is 12.2. The van der Waals surface area contributed by atoms with Gasteiger partial charge in [-0.15, -0.1) is 12.4 Å². The summed E-state index contributed by atoms with van der Waals surface area (Å²) >= 11 is 0. The molecule has 4 nitrogen and oxygen atoms in total. The van der Waals surface area contributed by atoms with Gasteiger partial charge in [-0.25, -0.2) is 4.39 Å². The van der Waals surface area contributed by atoms with Gasteiger partial charge in [0.1, 0.15) is 17.1 Å². The van der Waals surface area contributed by atoms with E-state index >= 15 is 0 Å². The Hall–Kier alpha value is -2.37. The zero-order chi connectivity index (χ0) is 17.2. The van der Waals surface area contributed by atoms with Crippen molar-refractivity contribution in [2.75, 3.05) is 31.1 Å². The first-order valence-electron chi connectivity index (χ1n) is 8.49. The minimum absolute atomic E-state index is 0. The summed E-state index contributed by atoms with van der Waals surface area (Å²) < 4.78 is 13.1. The number of phenolic OH excluding ortho intramolecular Hbond substituents is 1. The molecule has 2 aromatic carbocycles. The van der Waals surface area contributed by atoms with Crippen LogP contribution in [0.2, 0.25) is 0 Å². The van der Waals surface area contributed by atoms with E-state index in [2.05, 4.69) is 14.8 Å². The monoisotopic (exact) mass is 373 g/mol. The van der Waals surface area contributed by atoms with E-state index in [0.29, 0.717) is 12.1 Å². The van der Waals surface area contributed by atoms with Gasteiger partial charge in [0, 0.05) is 55.6 Å². The Morgan fingerprint density at radius 1 is 0.962 bits per heavy atom. The van der Waals surface area contributed by atoms with Gasteiger partial charge in [0.05, 0.1) is 0 Å². The number of aromatic nitrogens is 1. The zero-order valence-electron chi connectivity index (χ0n) is 14.3. The molecule has 6 heteroatoms. The van der Waals surface area contributed by atoms with Gasteiger partial charge in [-0.1, -0.05) is 18.2 Å². The van der Waals surface area contributed by atoms with Crippen LogP contribution in [0.15, 0.2) is 54.7 Å². The Labute approximate surface area is 158 Å². The van der Waals surface area contributed by atoms with Crippen molar-refractivity contribution < 1.29 is 9.50 Å². The lowest BCUT2D eigenvalue weighted by Crippen LogP contribution is -2.45. The number of hydrogen-bond acceptors (Lipinski definition) is 4. The van der Waals surface area contributed by atoms with E-state index in [-0.39, 0.29) is 24.0 Å². The Bertz CT molecular complexity index is 880. The van der Waals surface area contributed by atoms with Crippen LogP contribution in [0.25, 0.3) is 10.9 Å². The van der Waals surface area contributed by atoms with Crippen LogP contribution >= 0.6 is 12.4 Å². The predicted molar refractivity (Wildman–Crippen MR) is 105 cm³/mol. The molecule has 0 aliphatic carbocycles. The fraction of sp³-hybridized carbons (Fsp3) is 0.250. The number of aromatic hydroxyl groups is 1. The van der Waals surface area contributed by atoms with Crippen LogP contribution < -0.4 is 4.90 Å². The molecular weight excluding hydrogens is 353 g/mol. The number of phenols is 1. The molecule has 4 rings (SSSR count). The lowest BCUT2D eigenvalue weighted by Gasteiger charge is -2.36. The number of nitrogens with zero attached hydrogens (tertiary/aromatic N) is 3. The number of rotatable bonds is 3. The largest absolute Gasteiger partial charge is 0.505 e. The molecule has 0 atom stereocenters. The molecule has 2 heterocycles. The summed E-state index contributed by atoms with van der Waals surface area (Å²) in [5, 5.41) is 11.4. The Morgan fingerprint density at radius 2 is 1.69 bits per heavy atom. The molecule has 1 aliphatic heterocycles. The number of piperazine rings is 1. The molecule has 1 aromatic heterocycles. The SMILES string of the molecule is Cl.Oc1c(CN2CCN(c3ccc(F)cc3)CC2)ccc2cccnc12. The van der Waals surface area contributed by atoms with E-state index in [1.54, 1.807) is 6.20 Å². The highest BCUT2D eigenvalue weighted by atomic mass is 35.5. The summed E-state index contributed by atoms with van der Waals surface area (Å²) in [5.41, 5.74) is 2.62. The van der Waals surface area contributed by atoms with Gasteiger partial charge in [0.15, 0.2) is 0 Å². The number of fused-ring (bicyclic) bond motifs is 1. The second-order valence-electron chi connectivity index (χ2n) is 6.39. The lowest BCUT2D eigenvalue weighted by atomic mass is 10.1. The maximum absolute atomic E-state index is 13.1. The highest BCUT2D eigenvalue weighted by molar-refractivity contribution is 5.85. The summed E-state index contributed by atoms with van der Waals surface area (Å²) in [6.45, 7) is 4.28. The Balaban J connectivity index is 0.00000196. The normalized spacial score (nSPS) is 15.0. The molecule has 26 heavy (non-hydrogen) atoms. The van der Waals surface area contributed by atoms with Crippen molar-refractivity contribution in [3.05, 3.63) is 66.1 Å². The molecule has 0 radical (unpaired) electrons. The molecule has 0 spiro atoms. The molecule has 0 saturated carbocycles. The third kappa shape index (κ3) is 3.74. The highest BCUT2D eigenvalue weighted by Gasteiger charge is 2.19. The molecule has 3 aromatic rings. The second kappa shape index (κ2) is 7.89. The van der Waals surface area contributed by atoms with Gasteiger partial charge in [0.2, 0.25) is 0 Å². The maximum atomic E-state index is 13.1.